The van der Waals surface area contributed by atoms with Crippen molar-refractivity contribution in [3.8, 4) is 0 Å². The highest BCUT2D eigenvalue weighted by atomic mass is 28.4. The topological polar surface area (TPSA) is 26.3 Å². The highest BCUT2D eigenvalue weighted by molar-refractivity contribution is 6.77. The number of hydrogen-bond acceptors (Lipinski definition) is 2. The number of allylic oxidation sites excluding steroid dienone is 1. The van der Waals surface area contributed by atoms with E-state index < -0.39 is 8.32 Å². The predicted octanol–water partition coefficient (Wildman–Crippen LogP) is 4.32. The second kappa shape index (κ2) is 7.12. The van der Waals surface area contributed by atoms with E-state index in [1.54, 1.807) is 13.0 Å². The van der Waals surface area contributed by atoms with Gasteiger partial charge in [-0.1, -0.05) is 47.6 Å². The summed E-state index contributed by atoms with van der Waals surface area (Å²) in [6, 6.07) is 0. The van der Waals surface area contributed by atoms with Crippen LogP contribution in [0.15, 0.2) is 12.2 Å². The molecule has 0 aliphatic rings. The van der Waals surface area contributed by atoms with E-state index in [1.165, 1.54) is 0 Å². The summed E-state index contributed by atoms with van der Waals surface area (Å²) in [5, 5.41) is 0. The molecule has 0 bridgehead atoms. The third-order valence-corrected chi connectivity index (χ3v) is 9.57. The normalized spacial score (nSPS) is 13.3. The molecule has 2 nitrogen and oxygen atoms in total. The molecule has 0 rings (SSSR count). The SMILES string of the molecule is CC(=O)/C=C/CO[Si](C(C)C)(C(C)C)C(C)C. The van der Waals surface area contributed by atoms with Crippen LogP contribution in [0.25, 0.3) is 0 Å². The molecule has 0 unspecified atom stereocenters. The Morgan fingerprint density at radius 3 is 1.76 bits per heavy atom. The number of carbonyl (C=O) groups is 1. The van der Waals surface area contributed by atoms with Crippen molar-refractivity contribution in [1.29, 1.82) is 0 Å². The Morgan fingerprint density at radius 1 is 1.06 bits per heavy atom. The Hall–Kier alpha value is -0.413. The molecule has 0 aromatic heterocycles. The van der Waals surface area contributed by atoms with Gasteiger partial charge in [0.25, 0.3) is 0 Å². The van der Waals surface area contributed by atoms with Crippen molar-refractivity contribution in [2.24, 2.45) is 0 Å². The fourth-order valence-electron chi connectivity index (χ4n) is 2.91. The van der Waals surface area contributed by atoms with Crippen molar-refractivity contribution in [2.45, 2.75) is 65.1 Å². The van der Waals surface area contributed by atoms with E-state index in [2.05, 4.69) is 41.5 Å². The average molecular weight is 256 g/mol. The molecule has 0 saturated heterocycles. The molecule has 17 heavy (non-hydrogen) atoms. The molecule has 0 aliphatic carbocycles. The Labute approximate surface area is 108 Å². The van der Waals surface area contributed by atoms with Gasteiger partial charge in [0.15, 0.2) is 5.78 Å². The van der Waals surface area contributed by atoms with Crippen LogP contribution in [0.4, 0.5) is 0 Å². The molecule has 0 saturated carbocycles. The Morgan fingerprint density at radius 2 is 1.47 bits per heavy atom. The summed E-state index contributed by atoms with van der Waals surface area (Å²) < 4.78 is 6.26. The molecule has 0 atom stereocenters. The van der Waals surface area contributed by atoms with Gasteiger partial charge in [-0.15, -0.1) is 0 Å². The predicted molar refractivity (Wildman–Crippen MR) is 76.8 cm³/mol. The maximum Gasteiger partial charge on any atom is 0.200 e. The minimum absolute atomic E-state index is 0.0829. The van der Waals surface area contributed by atoms with Gasteiger partial charge in [0, 0.05) is 0 Å². The van der Waals surface area contributed by atoms with Crippen LogP contribution in [-0.4, -0.2) is 20.7 Å². The molecular formula is C14H28O2Si. The monoisotopic (exact) mass is 256 g/mol. The molecule has 0 radical (unpaired) electrons. The average Bonchev–Trinajstić information content (AvgIpc) is 2.15. The molecule has 0 aromatic carbocycles. The van der Waals surface area contributed by atoms with Gasteiger partial charge in [0.1, 0.15) is 0 Å². The molecule has 0 heterocycles. The van der Waals surface area contributed by atoms with Gasteiger partial charge in [-0.25, -0.2) is 0 Å². The highest BCUT2D eigenvalue weighted by Gasteiger charge is 2.44. The summed E-state index contributed by atoms with van der Waals surface area (Å²) in [6.07, 6.45) is 3.44. The minimum atomic E-state index is -1.76. The lowest BCUT2D eigenvalue weighted by Gasteiger charge is -2.41. The van der Waals surface area contributed by atoms with Crippen molar-refractivity contribution in [2.75, 3.05) is 6.61 Å². The fourth-order valence-corrected chi connectivity index (χ4v) is 8.29. The molecule has 0 N–H and O–H groups in total. The van der Waals surface area contributed by atoms with Crippen LogP contribution in [0.2, 0.25) is 16.6 Å². The van der Waals surface area contributed by atoms with Crippen molar-refractivity contribution < 1.29 is 9.22 Å². The standard InChI is InChI=1S/C14H28O2Si/c1-11(2)17(12(3)4,13(5)6)16-10-8-9-14(7)15/h8-9,11-13H,10H2,1-7H3/b9-8+. The van der Waals surface area contributed by atoms with Crippen LogP contribution < -0.4 is 0 Å². The number of carbonyl (C=O) groups excluding carboxylic acids is 1. The van der Waals surface area contributed by atoms with E-state index >= 15 is 0 Å². The summed E-state index contributed by atoms with van der Waals surface area (Å²) in [6.45, 7) is 15.7. The molecule has 0 aliphatic heterocycles. The summed E-state index contributed by atoms with van der Waals surface area (Å²) in [7, 11) is -1.76. The lowest BCUT2D eigenvalue weighted by molar-refractivity contribution is -0.112. The number of rotatable bonds is 7. The van der Waals surface area contributed by atoms with Crippen molar-refractivity contribution in [3.05, 3.63) is 12.2 Å². The Balaban J connectivity index is 4.76. The van der Waals surface area contributed by atoms with Crippen LogP contribution in [0, 0.1) is 0 Å². The fraction of sp³-hybridized carbons (Fsp3) is 0.786. The van der Waals surface area contributed by atoms with Crippen molar-refractivity contribution >= 4 is 14.1 Å². The number of hydrogen-bond donors (Lipinski definition) is 0. The third-order valence-electron chi connectivity index (χ3n) is 3.49. The molecule has 3 heteroatoms. The highest BCUT2D eigenvalue weighted by Crippen LogP contribution is 2.42. The molecule has 0 aromatic rings. The summed E-state index contributed by atoms with van der Waals surface area (Å²) in [5.74, 6) is 0.0829. The third kappa shape index (κ3) is 4.40. The maximum absolute atomic E-state index is 10.8. The quantitative estimate of drug-likeness (QED) is 0.501. The smallest absolute Gasteiger partial charge is 0.200 e. The molecule has 0 amide bonds. The van der Waals surface area contributed by atoms with Crippen LogP contribution in [0.5, 0.6) is 0 Å². The Bertz CT molecular complexity index is 246. The number of ketones is 1. The molecule has 0 fully saturated rings. The summed E-state index contributed by atoms with van der Waals surface area (Å²) in [5.41, 5.74) is 1.77. The van der Waals surface area contributed by atoms with Gasteiger partial charge in [-0.05, 0) is 29.6 Å². The van der Waals surface area contributed by atoms with Gasteiger partial charge < -0.3 is 4.43 Å². The van der Waals surface area contributed by atoms with Crippen LogP contribution >= 0.6 is 0 Å². The van der Waals surface area contributed by atoms with Crippen molar-refractivity contribution in [1.82, 2.24) is 0 Å². The molecular weight excluding hydrogens is 228 g/mol. The van der Waals surface area contributed by atoms with E-state index in [9.17, 15) is 4.79 Å². The molecule has 100 valence electrons. The minimum Gasteiger partial charge on any atom is -0.412 e. The van der Waals surface area contributed by atoms with E-state index in [-0.39, 0.29) is 5.78 Å². The van der Waals surface area contributed by atoms with E-state index in [0.29, 0.717) is 23.2 Å². The largest absolute Gasteiger partial charge is 0.412 e. The first kappa shape index (κ1) is 16.6. The molecule has 0 spiro atoms. The van der Waals surface area contributed by atoms with Gasteiger partial charge in [0.05, 0.1) is 6.61 Å². The zero-order chi connectivity index (χ0) is 13.6. The second-order valence-electron chi connectivity index (χ2n) is 5.64. The lowest BCUT2D eigenvalue weighted by atomic mass is 10.4. The van der Waals surface area contributed by atoms with E-state index in [0.717, 1.165) is 0 Å². The van der Waals surface area contributed by atoms with Gasteiger partial charge >= 0.3 is 0 Å². The van der Waals surface area contributed by atoms with Crippen LogP contribution in [0.1, 0.15) is 48.5 Å². The zero-order valence-electron chi connectivity index (χ0n) is 12.4. The first-order valence-electron chi connectivity index (χ1n) is 6.56. The second-order valence-corrected chi connectivity index (χ2v) is 11.1. The summed E-state index contributed by atoms with van der Waals surface area (Å²) >= 11 is 0. The van der Waals surface area contributed by atoms with Gasteiger partial charge in [0.2, 0.25) is 8.32 Å². The summed E-state index contributed by atoms with van der Waals surface area (Å²) in [4.78, 5) is 10.8. The first-order valence-corrected chi connectivity index (χ1v) is 8.70. The van der Waals surface area contributed by atoms with E-state index in [4.69, 9.17) is 4.43 Å². The zero-order valence-corrected chi connectivity index (χ0v) is 13.4. The van der Waals surface area contributed by atoms with Gasteiger partial charge in [-0.2, -0.15) is 0 Å². The lowest BCUT2D eigenvalue weighted by Crippen LogP contribution is -2.47. The van der Waals surface area contributed by atoms with E-state index in [1.807, 2.05) is 6.08 Å². The van der Waals surface area contributed by atoms with Crippen molar-refractivity contribution in [3.63, 3.8) is 0 Å². The first-order chi connectivity index (χ1) is 7.75. The van der Waals surface area contributed by atoms with Crippen LogP contribution in [-0.2, 0) is 9.22 Å². The van der Waals surface area contributed by atoms with Gasteiger partial charge in [-0.3, -0.25) is 4.79 Å². The van der Waals surface area contributed by atoms with Crippen LogP contribution in [0.3, 0.4) is 0 Å². The Kier molecular flexibility index (Phi) is 6.94. The maximum atomic E-state index is 10.8.